The van der Waals surface area contributed by atoms with Crippen LogP contribution in [0.3, 0.4) is 0 Å². The molecular weight excluding hydrogens is 110 g/mol. The first-order valence-electron chi connectivity index (χ1n) is 3.20. The molecule has 1 aliphatic rings. The molecule has 9 heavy (non-hydrogen) atoms. The zero-order valence-electron chi connectivity index (χ0n) is 5.44. The average Bonchev–Trinajstić information content (AvgIpc) is 2.64. The highest BCUT2D eigenvalue weighted by Gasteiger charge is 2.18. The fourth-order valence-electron chi connectivity index (χ4n) is 1.17. The van der Waals surface area contributed by atoms with Crippen molar-refractivity contribution in [2.45, 2.75) is 6.42 Å². The van der Waals surface area contributed by atoms with Gasteiger partial charge in [0.15, 0.2) is 0 Å². The predicted molar refractivity (Wildman–Crippen MR) is 38.8 cm³/mol. The standard InChI is InChI=1S/C8H9N/c1-9-8-4-2-3-6-5-7(6)8/h2-4,9H,5H2,1H3. The molecule has 0 saturated carbocycles. The molecule has 0 unspecified atom stereocenters. The van der Waals surface area contributed by atoms with Gasteiger partial charge in [0.25, 0.3) is 0 Å². The van der Waals surface area contributed by atoms with Gasteiger partial charge in [0, 0.05) is 19.2 Å². The van der Waals surface area contributed by atoms with Gasteiger partial charge in [-0.2, -0.15) is 0 Å². The number of anilines is 1. The van der Waals surface area contributed by atoms with E-state index in [0.717, 1.165) is 0 Å². The molecule has 0 aliphatic heterocycles. The molecule has 0 aromatic heterocycles. The summed E-state index contributed by atoms with van der Waals surface area (Å²) in [5.41, 5.74) is 4.30. The van der Waals surface area contributed by atoms with Crippen LogP contribution in [-0.2, 0) is 6.42 Å². The molecule has 2 rings (SSSR count). The van der Waals surface area contributed by atoms with Crippen LogP contribution in [0.4, 0.5) is 5.69 Å². The van der Waals surface area contributed by atoms with Gasteiger partial charge in [-0.3, -0.25) is 0 Å². The second kappa shape index (κ2) is 1.50. The lowest BCUT2D eigenvalue weighted by Crippen LogP contribution is -1.85. The SMILES string of the molecule is CNc1cccc2c1C2. The second-order valence-corrected chi connectivity index (χ2v) is 2.37. The molecule has 1 nitrogen and oxygen atoms in total. The molecule has 0 heterocycles. The molecule has 0 bridgehead atoms. The minimum Gasteiger partial charge on any atom is -0.388 e. The van der Waals surface area contributed by atoms with Crippen molar-refractivity contribution >= 4 is 5.69 Å². The van der Waals surface area contributed by atoms with Crippen LogP contribution in [0.5, 0.6) is 0 Å². The molecule has 0 spiro atoms. The van der Waals surface area contributed by atoms with Gasteiger partial charge < -0.3 is 5.32 Å². The zero-order valence-corrected chi connectivity index (χ0v) is 5.44. The van der Waals surface area contributed by atoms with Gasteiger partial charge in [-0.25, -0.2) is 0 Å². The molecule has 1 N–H and O–H groups in total. The zero-order chi connectivity index (χ0) is 6.27. The fourth-order valence-corrected chi connectivity index (χ4v) is 1.17. The molecule has 0 fully saturated rings. The van der Waals surface area contributed by atoms with Crippen molar-refractivity contribution in [2.75, 3.05) is 12.4 Å². The highest BCUT2D eigenvalue weighted by atomic mass is 14.8. The van der Waals surface area contributed by atoms with E-state index in [4.69, 9.17) is 0 Å². The first-order valence-corrected chi connectivity index (χ1v) is 3.20. The number of fused-ring (bicyclic) bond motifs is 1. The normalized spacial score (nSPS) is 12.6. The van der Waals surface area contributed by atoms with Crippen molar-refractivity contribution in [3.05, 3.63) is 29.3 Å². The summed E-state index contributed by atoms with van der Waals surface area (Å²) >= 11 is 0. The summed E-state index contributed by atoms with van der Waals surface area (Å²) in [6.07, 6.45) is 1.20. The monoisotopic (exact) mass is 119 g/mol. The summed E-state index contributed by atoms with van der Waals surface area (Å²) in [6.45, 7) is 0. The number of hydrogen-bond donors (Lipinski definition) is 1. The van der Waals surface area contributed by atoms with E-state index in [1.54, 1.807) is 0 Å². The van der Waals surface area contributed by atoms with Gasteiger partial charge in [-0.05, 0) is 17.2 Å². The van der Waals surface area contributed by atoms with Crippen LogP contribution in [-0.4, -0.2) is 7.05 Å². The van der Waals surface area contributed by atoms with Gasteiger partial charge >= 0.3 is 0 Å². The minimum absolute atomic E-state index is 1.20. The molecule has 1 aromatic carbocycles. The third-order valence-electron chi connectivity index (χ3n) is 1.78. The van der Waals surface area contributed by atoms with Gasteiger partial charge in [0.05, 0.1) is 0 Å². The second-order valence-electron chi connectivity index (χ2n) is 2.37. The average molecular weight is 119 g/mol. The Kier molecular flexibility index (Phi) is 0.810. The van der Waals surface area contributed by atoms with Crippen molar-refractivity contribution in [1.82, 2.24) is 0 Å². The first-order chi connectivity index (χ1) is 4.42. The Hall–Kier alpha value is -0.980. The number of hydrogen-bond acceptors (Lipinski definition) is 1. The van der Waals surface area contributed by atoms with Crippen molar-refractivity contribution in [3.63, 3.8) is 0 Å². The summed E-state index contributed by atoms with van der Waals surface area (Å²) in [7, 11) is 1.97. The lowest BCUT2D eigenvalue weighted by atomic mass is 10.3. The lowest BCUT2D eigenvalue weighted by Gasteiger charge is -1.94. The topological polar surface area (TPSA) is 12.0 Å². The largest absolute Gasteiger partial charge is 0.388 e. The third-order valence-corrected chi connectivity index (χ3v) is 1.78. The maximum atomic E-state index is 3.15. The third kappa shape index (κ3) is 0.611. The Morgan fingerprint density at radius 3 is 3.00 bits per heavy atom. The fraction of sp³-hybridized carbons (Fsp3) is 0.250. The molecule has 1 aromatic rings. The maximum Gasteiger partial charge on any atom is 0.0376 e. The number of nitrogens with one attached hydrogen (secondary N) is 1. The Bertz CT molecular complexity index is 240. The van der Waals surface area contributed by atoms with E-state index in [1.165, 1.54) is 23.2 Å². The smallest absolute Gasteiger partial charge is 0.0376 e. The quantitative estimate of drug-likeness (QED) is 0.601. The minimum atomic E-state index is 1.20. The van der Waals surface area contributed by atoms with Crippen LogP contribution < -0.4 is 5.32 Å². The van der Waals surface area contributed by atoms with Crippen LogP contribution >= 0.6 is 0 Å². The van der Waals surface area contributed by atoms with E-state index in [0.29, 0.717) is 0 Å². The van der Waals surface area contributed by atoms with Crippen molar-refractivity contribution < 1.29 is 0 Å². The van der Waals surface area contributed by atoms with Gasteiger partial charge in [0.2, 0.25) is 0 Å². The van der Waals surface area contributed by atoms with E-state index in [-0.39, 0.29) is 0 Å². The molecule has 46 valence electrons. The van der Waals surface area contributed by atoms with Crippen molar-refractivity contribution in [1.29, 1.82) is 0 Å². The van der Waals surface area contributed by atoms with E-state index < -0.39 is 0 Å². The number of rotatable bonds is 1. The Balaban J connectivity index is 2.51. The Labute approximate surface area is 54.7 Å². The highest BCUT2D eigenvalue weighted by Crippen LogP contribution is 2.34. The molecule has 0 radical (unpaired) electrons. The van der Waals surface area contributed by atoms with Gasteiger partial charge in [-0.1, -0.05) is 12.1 Å². The van der Waals surface area contributed by atoms with Crippen LogP contribution in [0.2, 0.25) is 0 Å². The molecular formula is C8H9N. The summed E-state index contributed by atoms with van der Waals surface area (Å²) in [5.74, 6) is 0. The molecule has 1 heteroatoms. The van der Waals surface area contributed by atoms with Crippen molar-refractivity contribution in [3.8, 4) is 0 Å². The van der Waals surface area contributed by atoms with Gasteiger partial charge in [-0.15, -0.1) is 0 Å². The van der Waals surface area contributed by atoms with Crippen LogP contribution in [0.15, 0.2) is 18.2 Å². The van der Waals surface area contributed by atoms with Crippen molar-refractivity contribution in [2.24, 2.45) is 0 Å². The predicted octanol–water partition coefficient (Wildman–Crippen LogP) is 1.63. The molecule has 1 aliphatic carbocycles. The van der Waals surface area contributed by atoms with Crippen LogP contribution in [0.25, 0.3) is 0 Å². The van der Waals surface area contributed by atoms with E-state index >= 15 is 0 Å². The number of benzene rings is 1. The summed E-state index contributed by atoms with van der Waals surface area (Å²) in [4.78, 5) is 0. The molecule has 0 saturated heterocycles. The van der Waals surface area contributed by atoms with Crippen LogP contribution in [0.1, 0.15) is 11.1 Å². The Morgan fingerprint density at radius 2 is 2.33 bits per heavy atom. The summed E-state index contributed by atoms with van der Waals surface area (Å²) < 4.78 is 0. The first kappa shape index (κ1) is 4.86. The summed E-state index contributed by atoms with van der Waals surface area (Å²) in [5, 5.41) is 3.15. The maximum absolute atomic E-state index is 3.15. The van der Waals surface area contributed by atoms with Crippen LogP contribution in [0, 0.1) is 0 Å². The lowest BCUT2D eigenvalue weighted by molar-refractivity contribution is 1.50. The van der Waals surface area contributed by atoms with Gasteiger partial charge in [0.1, 0.15) is 0 Å². The molecule has 0 atom stereocenters. The van der Waals surface area contributed by atoms with E-state index in [9.17, 15) is 0 Å². The highest BCUT2D eigenvalue weighted by molar-refractivity contribution is 5.64. The Morgan fingerprint density at radius 1 is 1.44 bits per heavy atom. The van der Waals surface area contributed by atoms with E-state index in [1.807, 2.05) is 7.05 Å². The molecule has 0 amide bonds. The summed E-state index contributed by atoms with van der Waals surface area (Å²) in [6, 6.07) is 6.39. The van der Waals surface area contributed by atoms with E-state index in [2.05, 4.69) is 23.5 Å².